The Morgan fingerprint density at radius 3 is 2.56 bits per heavy atom. The van der Waals surface area contributed by atoms with E-state index in [0.29, 0.717) is 18.8 Å². The van der Waals surface area contributed by atoms with Crippen LogP contribution >= 0.6 is 0 Å². The van der Waals surface area contributed by atoms with Crippen molar-refractivity contribution in [2.24, 2.45) is 0 Å². The van der Waals surface area contributed by atoms with Gasteiger partial charge in [-0.3, -0.25) is 9.59 Å². The van der Waals surface area contributed by atoms with Gasteiger partial charge in [0.2, 0.25) is 0 Å². The molecule has 0 aliphatic rings. The van der Waals surface area contributed by atoms with E-state index in [0.717, 1.165) is 11.1 Å². The zero-order valence-electron chi connectivity index (χ0n) is 14.8. The van der Waals surface area contributed by atoms with E-state index in [9.17, 15) is 9.59 Å². The molecule has 2 amide bonds. The number of hydrogen-bond donors (Lipinski definition) is 2. The van der Waals surface area contributed by atoms with Gasteiger partial charge in [0.15, 0.2) is 0 Å². The van der Waals surface area contributed by atoms with Gasteiger partial charge in [0.1, 0.15) is 0 Å². The van der Waals surface area contributed by atoms with Crippen molar-refractivity contribution in [2.45, 2.75) is 26.4 Å². The molecule has 0 fully saturated rings. The second-order valence-electron chi connectivity index (χ2n) is 6.07. The molecule has 0 radical (unpaired) electrons. The molecule has 0 bridgehead atoms. The van der Waals surface area contributed by atoms with Crippen LogP contribution in [0.15, 0.2) is 48.5 Å². The summed E-state index contributed by atoms with van der Waals surface area (Å²) in [5.74, 6) is -1.20. The first-order valence-corrected chi connectivity index (χ1v) is 8.24. The van der Waals surface area contributed by atoms with Crippen LogP contribution < -0.4 is 10.6 Å². The molecule has 5 nitrogen and oxygen atoms in total. The molecule has 1 atom stereocenters. The summed E-state index contributed by atoms with van der Waals surface area (Å²) in [5.41, 5.74) is 3.70. The molecule has 0 aromatic heterocycles. The van der Waals surface area contributed by atoms with Gasteiger partial charge in [-0.05, 0) is 24.5 Å². The van der Waals surface area contributed by atoms with Gasteiger partial charge in [-0.2, -0.15) is 0 Å². The molecule has 0 saturated heterocycles. The second kappa shape index (κ2) is 8.99. The van der Waals surface area contributed by atoms with Gasteiger partial charge in [-0.25, -0.2) is 0 Å². The Morgan fingerprint density at radius 2 is 1.84 bits per heavy atom. The van der Waals surface area contributed by atoms with Crippen LogP contribution in [0, 0.1) is 6.92 Å². The normalized spacial score (nSPS) is 11.6. The lowest BCUT2D eigenvalue weighted by atomic mass is 9.99. The predicted molar refractivity (Wildman–Crippen MR) is 98.4 cm³/mol. The van der Waals surface area contributed by atoms with Gasteiger partial charge < -0.3 is 15.4 Å². The second-order valence-corrected chi connectivity index (χ2v) is 6.07. The van der Waals surface area contributed by atoms with Crippen molar-refractivity contribution < 1.29 is 14.3 Å². The molecule has 25 heavy (non-hydrogen) atoms. The summed E-state index contributed by atoms with van der Waals surface area (Å²) < 4.78 is 5.10. The minimum absolute atomic E-state index is 0.123. The Bertz CT molecular complexity index is 743. The number of hydrogen-bond acceptors (Lipinski definition) is 3. The zero-order valence-corrected chi connectivity index (χ0v) is 14.8. The molecule has 0 spiro atoms. The lowest BCUT2D eigenvalue weighted by molar-refractivity contribution is -0.136. The topological polar surface area (TPSA) is 67.4 Å². The van der Waals surface area contributed by atoms with Crippen molar-refractivity contribution in [3.63, 3.8) is 0 Å². The molecule has 2 rings (SSSR count). The van der Waals surface area contributed by atoms with E-state index in [1.54, 1.807) is 19.2 Å². The largest absolute Gasteiger partial charge is 0.380 e. The summed E-state index contributed by atoms with van der Waals surface area (Å²) in [6.07, 6.45) is 0. The van der Waals surface area contributed by atoms with E-state index >= 15 is 0 Å². The van der Waals surface area contributed by atoms with Crippen molar-refractivity contribution in [3.05, 3.63) is 65.2 Å². The number of benzene rings is 2. The number of carbonyl (C=O) groups is 2. The van der Waals surface area contributed by atoms with Crippen molar-refractivity contribution in [1.29, 1.82) is 0 Å². The first kappa shape index (κ1) is 18.7. The summed E-state index contributed by atoms with van der Waals surface area (Å²) >= 11 is 0. The quantitative estimate of drug-likeness (QED) is 0.795. The molecule has 0 saturated carbocycles. The van der Waals surface area contributed by atoms with Gasteiger partial charge in [-0.1, -0.05) is 55.0 Å². The number of methoxy groups -OCH3 is 1. The van der Waals surface area contributed by atoms with Crippen LogP contribution in [0.1, 0.15) is 29.5 Å². The van der Waals surface area contributed by atoms with Crippen LogP contribution in [-0.4, -0.2) is 25.5 Å². The lowest BCUT2D eigenvalue weighted by Gasteiger charge is -2.14. The maximum atomic E-state index is 12.1. The summed E-state index contributed by atoms with van der Waals surface area (Å²) in [4.78, 5) is 24.2. The molecule has 0 unspecified atom stereocenters. The van der Waals surface area contributed by atoms with Gasteiger partial charge >= 0.3 is 11.8 Å². The number of rotatable bonds is 6. The highest BCUT2D eigenvalue weighted by molar-refractivity contribution is 6.39. The molecule has 132 valence electrons. The molecule has 0 heterocycles. The average molecular weight is 340 g/mol. The number of ether oxygens (including phenoxy) is 1. The Balaban J connectivity index is 1.91. The first-order valence-electron chi connectivity index (χ1n) is 8.24. The maximum Gasteiger partial charge on any atom is 0.313 e. The third-order valence-corrected chi connectivity index (χ3v) is 3.95. The summed E-state index contributed by atoms with van der Waals surface area (Å²) in [6.45, 7) is 4.80. The molecular formula is C20H24N2O3. The third kappa shape index (κ3) is 5.43. The number of aryl methyl sites for hydroxylation is 1. The first-order chi connectivity index (χ1) is 12.0. The summed E-state index contributed by atoms with van der Waals surface area (Å²) in [5, 5.41) is 5.33. The van der Waals surface area contributed by atoms with E-state index in [1.165, 1.54) is 5.56 Å². The fourth-order valence-corrected chi connectivity index (χ4v) is 2.52. The number of amides is 2. The number of carbonyl (C=O) groups excluding carboxylic acids is 2. The highest BCUT2D eigenvalue weighted by Gasteiger charge is 2.16. The van der Waals surface area contributed by atoms with Crippen molar-refractivity contribution in [1.82, 2.24) is 5.32 Å². The molecule has 0 aliphatic heterocycles. The third-order valence-electron chi connectivity index (χ3n) is 3.95. The Hall–Kier alpha value is -2.66. The van der Waals surface area contributed by atoms with E-state index < -0.39 is 11.8 Å². The minimum Gasteiger partial charge on any atom is -0.380 e. The summed E-state index contributed by atoms with van der Waals surface area (Å²) in [7, 11) is 1.58. The van der Waals surface area contributed by atoms with Crippen LogP contribution in [0.4, 0.5) is 5.69 Å². The highest BCUT2D eigenvalue weighted by atomic mass is 16.5. The zero-order chi connectivity index (χ0) is 18.2. The number of nitrogens with one attached hydrogen (secondary N) is 2. The van der Waals surface area contributed by atoms with E-state index in [4.69, 9.17) is 4.74 Å². The van der Waals surface area contributed by atoms with Gasteiger partial charge in [-0.15, -0.1) is 0 Å². The molecule has 0 aliphatic carbocycles. The van der Waals surface area contributed by atoms with Gasteiger partial charge in [0.05, 0.1) is 6.61 Å². The highest BCUT2D eigenvalue weighted by Crippen LogP contribution is 2.17. The number of anilines is 1. The average Bonchev–Trinajstić information content (AvgIpc) is 2.61. The minimum atomic E-state index is -0.681. The maximum absolute atomic E-state index is 12.1. The Labute approximate surface area is 148 Å². The summed E-state index contributed by atoms with van der Waals surface area (Å²) in [6, 6.07) is 15.4. The van der Waals surface area contributed by atoms with Gasteiger partial charge in [0.25, 0.3) is 0 Å². The number of para-hydroxylation sites is 1. The van der Waals surface area contributed by atoms with Crippen LogP contribution in [0.5, 0.6) is 0 Å². The SMILES string of the molecule is COCc1ccccc1NC(=O)C(=O)NC[C@@H](C)c1cccc(C)c1. The fraction of sp³-hybridized carbons (Fsp3) is 0.300. The standard InChI is InChI=1S/C20H24N2O3/c1-14-7-6-9-16(11-14)15(2)12-21-19(23)20(24)22-18-10-5-4-8-17(18)13-25-3/h4-11,15H,12-13H2,1-3H3,(H,21,23)(H,22,24)/t15-/m1/s1. The Kier molecular flexibility index (Phi) is 6.71. The predicted octanol–water partition coefficient (Wildman–Crippen LogP) is 3.00. The van der Waals surface area contributed by atoms with E-state index in [-0.39, 0.29) is 5.92 Å². The Morgan fingerprint density at radius 1 is 1.08 bits per heavy atom. The lowest BCUT2D eigenvalue weighted by Crippen LogP contribution is -2.37. The van der Waals surface area contributed by atoms with Crippen LogP contribution in [0.2, 0.25) is 0 Å². The molecule has 2 aromatic rings. The monoisotopic (exact) mass is 340 g/mol. The van der Waals surface area contributed by atoms with E-state index in [1.807, 2.05) is 44.2 Å². The van der Waals surface area contributed by atoms with Crippen LogP contribution in [0.3, 0.4) is 0 Å². The van der Waals surface area contributed by atoms with Crippen molar-refractivity contribution >= 4 is 17.5 Å². The van der Waals surface area contributed by atoms with E-state index in [2.05, 4.69) is 16.7 Å². The van der Waals surface area contributed by atoms with Crippen LogP contribution in [0.25, 0.3) is 0 Å². The molecule has 2 N–H and O–H groups in total. The molecule has 2 aromatic carbocycles. The fourth-order valence-electron chi connectivity index (χ4n) is 2.52. The van der Waals surface area contributed by atoms with Crippen molar-refractivity contribution in [2.75, 3.05) is 19.0 Å². The van der Waals surface area contributed by atoms with Gasteiger partial charge in [0, 0.05) is 24.9 Å². The smallest absolute Gasteiger partial charge is 0.313 e. The molecular weight excluding hydrogens is 316 g/mol. The molecule has 5 heteroatoms. The van der Waals surface area contributed by atoms with Crippen molar-refractivity contribution in [3.8, 4) is 0 Å². The van der Waals surface area contributed by atoms with Crippen LogP contribution in [-0.2, 0) is 20.9 Å².